The van der Waals surface area contributed by atoms with E-state index >= 15 is 0 Å². The standard InChI is InChI=1S/C15H22/c1-12(2)14(15(3,4)5)11-13-9-7-6-8-10-13/h6-12H,1-5H3. The Morgan fingerprint density at radius 1 is 1.07 bits per heavy atom. The first kappa shape index (κ1) is 12.0. The Balaban J connectivity index is 3.06. The highest BCUT2D eigenvalue weighted by molar-refractivity contribution is 5.54. The van der Waals surface area contributed by atoms with Crippen molar-refractivity contribution in [2.24, 2.45) is 11.3 Å². The van der Waals surface area contributed by atoms with Crippen molar-refractivity contribution in [3.05, 3.63) is 41.5 Å². The number of hydrogen-bond acceptors (Lipinski definition) is 0. The van der Waals surface area contributed by atoms with Crippen LogP contribution in [0.15, 0.2) is 35.9 Å². The molecule has 0 bridgehead atoms. The summed E-state index contributed by atoms with van der Waals surface area (Å²) >= 11 is 0. The van der Waals surface area contributed by atoms with Crippen LogP contribution in [0, 0.1) is 11.3 Å². The van der Waals surface area contributed by atoms with Gasteiger partial charge < -0.3 is 0 Å². The Morgan fingerprint density at radius 2 is 1.60 bits per heavy atom. The fourth-order valence-corrected chi connectivity index (χ4v) is 1.98. The molecule has 1 aromatic carbocycles. The summed E-state index contributed by atoms with van der Waals surface area (Å²) in [5, 5.41) is 0. The highest BCUT2D eigenvalue weighted by atomic mass is 14.2. The van der Waals surface area contributed by atoms with Crippen molar-refractivity contribution in [2.75, 3.05) is 0 Å². The number of hydrogen-bond donors (Lipinski definition) is 0. The Hall–Kier alpha value is -1.04. The van der Waals surface area contributed by atoms with E-state index < -0.39 is 0 Å². The minimum atomic E-state index is 0.254. The molecule has 0 aromatic heterocycles. The molecular formula is C15H22. The van der Waals surface area contributed by atoms with E-state index in [1.165, 1.54) is 11.1 Å². The lowest BCUT2D eigenvalue weighted by Crippen LogP contribution is -2.14. The van der Waals surface area contributed by atoms with Gasteiger partial charge in [-0.25, -0.2) is 0 Å². The molecular weight excluding hydrogens is 180 g/mol. The molecule has 0 amide bonds. The third-order valence-electron chi connectivity index (χ3n) is 2.61. The fourth-order valence-electron chi connectivity index (χ4n) is 1.98. The predicted octanol–water partition coefficient (Wildman–Crippen LogP) is 4.77. The largest absolute Gasteiger partial charge is 0.0622 e. The molecule has 82 valence electrons. The van der Waals surface area contributed by atoms with E-state index in [0.29, 0.717) is 5.92 Å². The zero-order valence-corrected chi connectivity index (χ0v) is 10.5. The van der Waals surface area contributed by atoms with Crippen LogP contribution in [0.1, 0.15) is 40.2 Å². The molecule has 0 aliphatic carbocycles. The molecule has 15 heavy (non-hydrogen) atoms. The van der Waals surface area contributed by atoms with Crippen molar-refractivity contribution >= 4 is 6.08 Å². The van der Waals surface area contributed by atoms with E-state index in [0.717, 1.165) is 0 Å². The van der Waals surface area contributed by atoms with Crippen LogP contribution in [0.25, 0.3) is 6.08 Å². The van der Waals surface area contributed by atoms with Crippen LogP contribution in [0.4, 0.5) is 0 Å². The van der Waals surface area contributed by atoms with Crippen molar-refractivity contribution in [2.45, 2.75) is 34.6 Å². The summed E-state index contributed by atoms with van der Waals surface area (Å²) in [6.45, 7) is 11.4. The molecule has 0 radical (unpaired) electrons. The summed E-state index contributed by atoms with van der Waals surface area (Å²) in [6, 6.07) is 10.6. The lowest BCUT2D eigenvalue weighted by Gasteiger charge is -2.26. The van der Waals surface area contributed by atoms with Gasteiger partial charge >= 0.3 is 0 Å². The van der Waals surface area contributed by atoms with Crippen LogP contribution in [0.2, 0.25) is 0 Å². The quantitative estimate of drug-likeness (QED) is 0.648. The van der Waals surface area contributed by atoms with Gasteiger partial charge in [-0.3, -0.25) is 0 Å². The number of rotatable bonds is 2. The van der Waals surface area contributed by atoms with Gasteiger partial charge in [-0.2, -0.15) is 0 Å². The SMILES string of the molecule is CC(C)C(=Cc1ccccc1)C(C)(C)C. The molecule has 0 heteroatoms. The first-order chi connectivity index (χ1) is 6.91. The first-order valence-corrected chi connectivity index (χ1v) is 5.68. The van der Waals surface area contributed by atoms with Crippen LogP contribution in [-0.4, -0.2) is 0 Å². The molecule has 0 heterocycles. The average Bonchev–Trinajstić information content (AvgIpc) is 2.13. The van der Waals surface area contributed by atoms with Crippen molar-refractivity contribution in [1.29, 1.82) is 0 Å². The zero-order chi connectivity index (χ0) is 11.5. The van der Waals surface area contributed by atoms with Crippen LogP contribution >= 0.6 is 0 Å². The molecule has 0 spiro atoms. The van der Waals surface area contributed by atoms with E-state index in [1.807, 2.05) is 0 Å². The Kier molecular flexibility index (Phi) is 3.73. The molecule has 1 rings (SSSR count). The summed E-state index contributed by atoms with van der Waals surface area (Å²) in [5.74, 6) is 0.602. The Bertz CT molecular complexity index is 323. The third kappa shape index (κ3) is 3.54. The molecule has 0 atom stereocenters. The zero-order valence-electron chi connectivity index (χ0n) is 10.5. The maximum absolute atomic E-state index is 2.32. The van der Waals surface area contributed by atoms with E-state index in [-0.39, 0.29) is 5.41 Å². The van der Waals surface area contributed by atoms with Crippen molar-refractivity contribution in [3.63, 3.8) is 0 Å². The molecule has 0 aliphatic rings. The lowest BCUT2D eigenvalue weighted by atomic mass is 9.79. The van der Waals surface area contributed by atoms with E-state index in [4.69, 9.17) is 0 Å². The van der Waals surface area contributed by atoms with E-state index in [1.54, 1.807) is 0 Å². The van der Waals surface area contributed by atoms with Crippen LogP contribution in [0.5, 0.6) is 0 Å². The maximum atomic E-state index is 2.32. The van der Waals surface area contributed by atoms with Crippen molar-refractivity contribution < 1.29 is 0 Å². The predicted molar refractivity (Wildman–Crippen MR) is 68.7 cm³/mol. The van der Waals surface area contributed by atoms with Crippen molar-refractivity contribution in [1.82, 2.24) is 0 Å². The second-order valence-corrected chi connectivity index (χ2v) is 5.42. The number of benzene rings is 1. The van der Waals surface area contributed by atoms with Gasteiger partial charge in [-0.05, 0) is 16.9 Å². The molecule has 0 unspecified atom stereocenters. The van der Waals surface area contributed by atoms with Crippen LogP contribution < -0.4 is 0 Å². The third-order valence-corrected chi connectivity index (χ3v) is 2.61. The lowest BCUT2D eigenvalue weighted by molar-refractivity contribution is 0.453. The monoisotopic (exact) mass is 202 g/mol. The van der Waals surface area contributed by atoms with Gasteiger partial charge in [0.2, 0.25) is 0 Å². The normalized spacial score (nSPS) is 13.3. The fraction of sp³-hybridized carbons (Fsp3) is 0.467. The highest BCUT2D eigenvalue weighted by Crippen LogP contribution is 2.32. The second-order valence-electron chi connectivity index (χ2n) is 5.42. The van der Waals surface area contributed by atoms with Gasteiger partial charge in [0, 0.05) is 0 Å². The molecule has 1 aromatic rings. The topological polar surface area (TPSA) is 0 Å². The van der Waals surface area contributed by atoms with Gasteiger partial charge in [0.25, 0.3) is 0 Å². The van der Waals surface area contributed by atoms with Crippen LogP contribution in [0.3, 0.4) is 0 Å². The van der Waals surface area contributed by atoms with E-state index in [2.05, 4.69) is 71.0 Å². The summed E-state index contributed by atoms with van der Waals surface area (Å²) in [5.41, 5.74) is 3.06. The van der Waals surface area contributed by atoms with Crippen LogP contribution in [-0.2, 0) is 0 Å². The summed E-state index contributed by atoms with van der Waals surface area (Å²) in [7, 11) is 0. The minimum absolute atomic E-state index is 0.254. The smallest absolute Gasteiger partial charge is 0.0167 e. The molecule has 0 aliphatic heterocycles. The maximum Gasteiger partial charge on any atom is -0.0167 e. The molecule has 0 saturated heterocycles. The van der Waals surface area contributed by atoms with E-state index in [9.17, 15) is 0 Å². The summed E-state index contributed by atoms with van der Waals surface area (Å²) in [6.07, 6.45) is 2.32. The van der Waals surface area contributed by atoms with Crippen molar-refractivity contribution in [3.8, 4) is 0 Å². The molecule has 0 nitrogen and oxygen atoms in total. The Labute approximate surface area is 94.0 Å². The number of allylic oxidation sites excluding steroid dienone is 1. The minimum Gasteiger partial charge on any atom is -0.0622 e. The average molecular weight is 202 g/mol. The Morgan fingerprint density at radius 3 is 2.00 bits per heavy atom. The summed E-state index contributed by atoms with van der Waals surface area (Å²) in [4.78, 5) is 0. The van der Waals surface area contributed by atoms with Gasteiger partial charge in [-0.1, -0.05) is 76.6 Å². The first-order valence-electron chi connectivity index (χ1n) is 5.68. The molecule has 0 saturated carbocycles. The van der Waals surface area contributed by atoms with Gasteiger partial charge in [0.05, 0.1) is 0 Å². The second kappa shape index (κ2) is 4.65. The van der Waals surface area contributed by atoms with Gasteiger partial charge in [0.15, 0.2) is 0 Å². The van der Waals surface area contributed by atoms with Gasteiger partial charge in [-0.15, -0.1) is 0 Å². The highest BCUT2D eigenvalue weighted by Gasteiger charge is 2.19. The summed E-state index contributed by atoms with van der Waals surface area (Å²) < 4.78 is 0. The molecule has 0 fully saturated rings. The van der Waals surface area contributed by atoms with Gasteiger partial charge in [0.1, 0.15) is 0 Å². The molecule has 0 N–H and O–H groups in total.